The van der Waals surface area contributed by atoms with Crippen molar-refractivity contribution in [3.05, 3.63) is 23.1 Å². The van der Waals surface area contributed by atoms with E-state index in [1.54, 1.807) is 13.8 Å². The van der Waals surface area contributed by atoms with Gasteiger partial charge in [0, 0.05) is 13.2 Å². The minimum Gasteiger partial charge on any atom is -0.372 e. The summed E-state index contributed by atoms with van der Waals surface area (Å²) < 4.78 is 40.0. The molecule has 0 unspecified atom stereocenters. The van der Waals surface area contributed by atoms with Gasteiger partial charge in [0.15, 0.2) is 5.15 Å². The third kappa shape index (κ3) is 4.30. The van der Waals surface area contributed by atoms with Gasteiger partial charge in [0.25, 0.3) is 0 Å². The Balaban J connectivity index is 2.27. The third-order valence-electron chi connectivity index (χ3n) is 3.20. The van der Waals surface area contributed by atoms with E-state index in [1.165, 1.54) is 17.9 Å². The van der Waals surface area contributed by atoms with Crippen molar-refractivity contribution in [2.75, 3.05) is 17.7 Å². The number of hydrogen-bond acceptors (Lipinski definition) is 6. The maximum Gasteiger partial charge on any atom is 0.421 e. The number of nitrogens with one attached hydrogen (secondary N) is 2. The van der Waals surface area contributed by atoms with E-state index in [4.69, 9.17) is 16.9 Å². The fourth-order valence-electron chi connectivity index (χ4n) is 1.93. The molecule has 0 fully saturated rings. The molecule has 0 saturated carbocycles. The van der Waals surface area contributed by atoms with Gasteiger partial charge < -0.3 is 10.6 Å². The molecule has 0 radical (unpaired) electrons. The van der Waals surface area contributed by atoms with Gasteiger partial charge in [-0.3, -0.25) is 4.68 Å². The molecule has 0 bridgehead atoms. The molecule has 0 aromatic carbocycles. The lowest BCUT2D eigenvalue weighted by molar-refractivity contribution is -0.137. The van der Waals surface area contributed by atoms with Crippen molar-refractivity contribution in [1.29, 1.82) is 5.26 Å². The van der Waals surface area contributed by atoms with E-state index in [0.29, 0.717) is 11.9 Å². The minimum absolute atomic E-state index is 0.0710. The lowest BCUT2D eigenvalue weighted by Crippen LogP contribution is -2.18. The van der Waals surface area contributed by atoms with Crippen molar-refractivity contribution >= 4 is 29.1 Å². The summed E-state index contributed by atoms with van der Waals surface area (Å²) in [6.45, 7) is 3.71. The molecule has 2 rings (SSSR count). The number of nitriles is 1. The average molecular weight is 374 g/mol. The van der Waals surface area contributed by atoms with Crippen LogP contribution in [0.25, 0.3) is 0 Å². The first kappa shape index (κ1) is 18.8. The quantitative estimate of drug-likeness (QED) is 0.830. The molecule has 0 amide bonds. The zero-order valence-corrected chi connectivity index (χ0v) is 14.4. The Hall–Kier alpha value is -2.54. The predicted molar refractivity (Wildman–Crippen MR) is 86.5 cm³/mol. The van der Waals surface area contributed by atoms with Crippen molar-refractivity contribution in [2.45, 2.75) is 26.6 Å². The van der Waals surface area contributed by atoms with Crippen molar-refractivity contribution in [3.63, 3.8) is 0 Å². The van der Waals surface area contributed by atoms with Crippen LogP contribution in [-0.2, 0) is 12.7 Å². The summed E-state index contributed by atoms with van der Waals surface area (Å²) in [6, 6.07) is 2.13. The highest BCUT2D eigenvalue weighted by Crippen LogP contribution is 2.34. The molecule has 0 atom stereocenters. The summed E-state index contributed by atoms with van der Waals surface area (Å²) in [5, 5.41) is 18.4. The fraction of sp³-hybridized carbons (Fsp3) is 0.429. The predicted octanol–water partition coefficient (Wildman–Crippen LogP) is 3.68. The molecule has 0 saturated heterocycles. The number of halogens is 4. The van der Waals surface area contributed by atoms with Crippen LogP contribution >= 0.6 is 11.6 Å². The standard InChI is InChI=1S/C14H15ClF3N7/c1-13(2,6-19)7-25-10(15)9(5-22-25)23-12-21-4-8(14(16,17)18)11(20-3)24-12/h4-5H,7H2,1-3H3,(H2,20,21,23,24). The molecule has 2 aromatic rings. The second kappa shape index (κ2) is 6.76. The van der Waals surface area contributed by atoms with E-state index < -0.39 is 17.2 Å². The van der Waals surface area contributed by atoms with Gasteiger partial charge in [-0.25, -0.2) is 4.98 Å². The number of aromatic nitrogens is 4. The van der Waals surface area contributed by atoms with Gasteiger partial charge in [0.05, 0.1) is 29.9 Å². The number of hydrogen-bond donors (Lipinski definition) is 2. The van der Waals surface area contributed by atoms with E-state index in [9.17, 15) is 13.2 Å². The molecule has 134 valence electrons. The van der Waals surface area contributed by atoms with Gasteiger partial charge in [-0.1, -0.05) is 11.6 Å². The van der Waals surface area contributed by atoms with Crippen LogP contribution < -0.4 is 10.6 Å². The maximum absolute atomic E-state index is 12.9. The summed E-state index contributed by atoms with van der Waals surface area (Å²) in [4.78, 5) is 7.45. The van der Waals surface area contributed by atoms with Crippen LogP contribution in [0.1, 0.15) is 19.4 Å². The first-order valence-corrected chi connectivity index (χ1v) is 7.47. The van der Waals surface area contributed by atoms with E-state index >= 15 is 0 Å². The van der Waals surface area contributed by atoms with Gasteiger partial charge in [-0.2, -0.15) is 28.5 Å². The fourth-order valence-corrected chi connectivity index (χ4v) is 2.13. The van der Waals surface area contributed by atoms with Crippen molar-refractivity contribution < 1.29 is 13.2 Å². The van der Waals surface area contributed by atoms with Crippen LogP contribution in [0.5, 0.6) is 0 Å². The highest BCUT2D eigenvalue weighted by atomic mass is 35.5. The zero-order chi connectivity index (χ0) is 18.8. The molecule has 7 nitrogen and oxygen atoms in total. The van der Waals surface area contributed by atoms with Crippen LogP contribution in [0.2, 0.25) is 5.15 Å². The van der Waals surface area contributed by atoms with Crippen LogP contribution in [0.4, 0.5) is 30.6 Å². The second-order valence-electron chi connectivity index (χ2n) is 5.83. The summed E-state index contributed by atoms with van der Waals surface area (Å²) in [6.07, 6.45) is -2.50. The Morgan fingerprint density at radius 2 is 2.00 bits per heavy atom. The van der Waals surface area contributed by atoms with Crippen LogP contribution in [0.15, 0.2) is 12.4 Å². The van der Waals surface area contributed by atoms with E-state index in [2.05, 4.69) is 31.8 Å². The Morgan fingerprint density at radius 3 is 2.56 bits per heavy atom. The van der Waals surface area contributed by atoms with Crippen LogP contribution in [0, 0.1) is 16.7 Å². The molecule has 25 heavy (non-hydrogen) atoms. The molecule has 2 aromatic heterocycles. The summed E-state index contributed by atoms with van der Waals surface area (Å²) in [5.41, 5.74) is -1.34. The minimum atomic E-state index is -4.57. The number of anilines is 3. The SMILES string of the molecule is CNc1nc(Nc2cnn(CC(C)(C)C#N)c2Cl)ncc1C(F)(F)F. The van der Waals surface area contributed by atoms with E-state index in [-0.39, 0.29) is 23.5 Å². The lowest BCUT2D eigenvalue weighted by atomic mass is 9.96. The lowest BCUT2D eigenvalue weighted by Gasteiger charge is -2.15. The molecule has 0 spiro atoms. The number of rotatable bonds is 5. The molecule has 0 aliphatic heterocycles. The molecule has 2 N–H and O–H groups in total. The Labute approximate surface area is 146 Å². The molecule has 11 heteroatoms. The average Bonchev–Trinajstić information content (AvgIpc) is 2.86. The van der Waals surface area contributed by atoms with Crippen molar-refractivity contribution in [2.24, 2.45) is 5.41 Å². The van der Waals surface area contributed by atoms with Gasteiger partial charge >= 0.3 is 6.18 Å². The largest absolute Gasteiger partial charge is 0.421 e. The van der Waals surface area contributed by atoms with Gasteiger partial charge in [0.1, 0.15) is 11.4 Å². The van der Waals surface area contributed by atoms with E-state index in [1.807, 2.05) is 0 Å². The number of nitrogens with zero attached hydrogens (tertiary/aromatic N) is 5. The first-order chi connectivity index (χ1) is 11.6. The van der Waals surface area contributed by atoms with Gasteiger partial charge in [-0.05, 0) is 13.8 Å². The topological polar surface area (TPSA) is 91.5 Å². The summed E-state index contributed by atoms with van der Waals surface area (Å²) in [7, 11) is 1.33. The highest BCUT2D eigenvalue weighted by Gasteiger charge is 2.35. The molecular formula is C14H15ClF3N7. The zero-order valence-electron chi connectivity index (χ0n) is 13.6. The molecular weight excluding hydrogens is 359 g/mol. The Bertz CT molecular complexity index is 808. The Morgan fingerprint density at radius 1 is 1.32 bits per heavy atom. The Kier molecular flexibility index (Phi) is 5.08. The van der Waals surface area contributed by atoms with Crippen molar-refractivity contribution in [1.82, 2.24) is 19.7 Å². The highest BCUT2D eigenvalue weighted by molar-refractivity contribution is 6.32. The smallest absolute Gasteiger partial charge is 0.372 e. The van der Waals surface area contributed by atoms with Crippen LogP contribution in [0.3, 0.4) is 0 Å². The van der Waals surface area contributed by atoms with Crippen LogP contribution in [-0.4, -0.2) is 26.8 Å². The van der Waals surface area contributed by atoms with E-state index in [0.717, 1.165) is 0 Å². The second-order valence-corrected chi connectivity index (χ2v) is 6.19. The number of alkyl halides is 3. The van der Waals surface area contributed by atoms with Gasteiger partial charge in [-0.15, -0.1) is 0 Å². The molecule has 0 aliphatic carbocycles. The summed E-state index contributed by atoms with van der Waals surface area (Å²) in [5.74, 6) is -0.433. The maximum atomic E-state index is 12.9. The molecule has 2 heterocycles. The third-order valence-corrected chi connectivity index (χ3v) is 3.60. The van der Waals surface area contributed by atoms with Crippen molar-refractivity contribution in [3.8, 4) is 6.07 Å². The first-order valence-electron chi connectivity index (χ1n) is 7.09. The van der Waals surface area contributed by atoms with Gasteiger partial charge in [0.2, 0.25) is 5.95 Å². The monoisotopic (exact) mass is 373 g/mol. The normalized spacial score (nSPS) is 11.9. The summed E-state index contributed by atoms with van der Waals surface area (Å²) >= 11 is 6.19. The molecule has 0 aliphatic rings.